The standard InChI is InChI=1S/C17H29NO3/c1-13(2)12-17(9-5-6-10-17)16(21)18-11-7-3-4-8-14(18)15(19)20/h13-14H,3-12H2,1-2H3,(H,19,20). The molecular weight excluding hydrogens is 266 g/mol. The zero-order chi connectivity index (χ0) is 15.5. The largest absolute Gasteiger partial charge is 0.480 e. The third kappa shape index (κ3) is 3.58. The Morgan fingerprint density at radius 2 is 1.81 bits per heavy atom. The van der Waals surface area contributed by atoms with E-state index >= 15 is 0 Å². The monoisotopic (exact) mass is 295 g/mol. The van der Waals surface area contributed by atoms with Crippen LogP contribution in [0.15, 0.2) is 0 Å². The van der Waals surface area contributed by atoms with Crippen LogP contribution in [0.4, 0.5) is 0 Å². The van der Waals surface area contributed by atoms with Crippen LogP contribution in [0.2, 0.25) is 0 Å². The first kappa shape index (κ1) is 16.3. The van der Waals surface area contributed by atoms with Crippen molar-refractivity contribution in [1.29, 1.82) is 0 Å². The molecule has 1 saturated carbocycles. The molecule has 0 spiro atoms. The van der Waals surface area contributed by atoms with Gasteiger partial charge in [0.05, 0.1) is 0 Å². The number of carboxylic acid groups (broad SMARTS) is 1. The molecule has 0 radical (unpaired) electrons. The van der Waals surface area contributed by atoms with Crippen LogP contribution in [0.1, 0.15) is 71.6 Å². The first-order chi connectivity index (χ1) is 9.96. The zero-order valence-corrected chi connectivity index (χ0v) is 13.4. The number of aliphatic carboxylic acids is 1. The molecule has 0 aromatic rings. The predicted molar refractivity (Wildman–Crippen MR) is 82.0 cm³/mol. The molecule has 2 fully saturated rings. The van der Waals surface area contributed by atoms with Crippen molar-refractivity contribution in [2.24, 2.45) is 11.3 Å². The van der Waals surface area contributed by atoms with Crippen LogP contribution in [0.5, 0.6) is 0 Å². The molecule has 1 saturated heterocycles. The Bertz CT molecular complexity index is 385. The summed E-state index contributed by atoms with van der Waals surface area (Å²) in [5.41, 5.74) is -0.286. The van der Waals surface area contributed by atoms with Crippen LogP contribution in [-0.4, -0.2) is 34.5 Å². The summed E-state index contributed by atoms with van der Waals surface area (Å²) in [6.07, 6.45) is 8.47. The fourth-order valence-electron chi connectivity index (χ4n) is 4.25. The minimum Gasteiger partial charge on any atom is -0.480 e. The van der Waals surface area contributed by atoms with Crippen molar-refractivity contribution in [2.45, 2.75) is 77.7 Å². The SMILES string of the molecule is CC(C)CC1(C(=O)N2CCCCCC2C(=O)O)CCCC1. The van der Waals surface area contributed by atoms with E-state index in [1.165, 1.54) is 0 Å². The van der Waals surface area contributed by atoms with Gasteiger partial charge in [-0.25, -0.2) is 4.79 Å². The van der Waals surface area contributed by atoms with Gasteiger partial charge in [-0.05, 0) is 38.0 Å². The topological polar surface area (TPSA) is 57.6 Å². The second kappa shape index (κ2) is 6.80. The smallest absolute Gasteiger partial charge is 0.326 e. The highest BCUT2D eigenvalue weighted by atomic mass is 16.4. The molecule has 2 aliphatic rings. The summed E-state index contributed by atoms with van der Waals surface area (Å²) in [6.45, 7) is 4.94. The van der Waals surface area contributed by atoms with Gasteiger partial charge in [0.15, 0.2) is 0 Å². The molecule has 0 bridgehead atoms. The van der Waals surface area contributed by atoms with E-state index in [4.69, 9.17) is 0 Å². The molecule has 1 atom stereocenters. The van der Waals surface area contributed by atoms with Gasteiger partial charge in [-0.15, -0.1) is 0 Å². The van der Waals surface area contributed by atoms with Crippen molar-refractivity contribution in [1.82, 2.24) is 4.90 Å². The molecule has 120 valence electrons. The number of hydrogen-bond acceptors (Lipinski definition) is 2. The summed E-state index contributed by atoms with van der Waals surface area (Å²) in [6, 6.07) is -0.607. The molecule has 1 aliphatic carbocycles. The molecule has 0 aromatic heterocycles. The Kier molecular flexibility index (Phi) is 5.28. The number of amides is 1. The highest BCUT2D eigenvalue weighted by molar-refractivity contribution is 5.88. The van der Waals surface area contributed by atoms with Crippen molar-refractivity contribution in [2.75, 3.05) is 6.54 Å². The minimum absolute atomic E-state index is 0.128. The predicted octanol–water partition coefficient (Wildman–Crippen LogP) is 3.45. The molecule has 21 heavy (non-hydrogen) atoms. The average molecular weight is 295 g/mol. The minimum atomic E-state index is -0.831. The van der Waals surface area contributed by atoms with Crippen molar-refractivity contribution >= 4 is 11.9 Å². The van der Waals surface area contributed by atoms with Gasteiger partial charge in [-0.3, -0.25) is 4.79 Å². The first-order valence-electron chi connectivity index (χ1n) is 8.50. The molecule has 1 aliphatic heterocycles. The second-order valence-electron chi connectivity index (χ2n) is 7.29. The highest BCUT2D eigenvalue weighted by Crippen LogP contribution is 2.45. The van der Waals surface area contributed by atoms with Crippen LogP contribution < -0.4 is 0 Å². The number of carboxylic acids is 1. The summed E-state index contributed by atoms with van der Waals surface area (Å²) in [5.74, 6) is -0.228. The number of hydrogen-bond donors (Lipinski definition) is 1. The molecule has 1 heterocycles. The lowest BCUT2D eigenvalue weighted by Crippen LogP contribution is -2.51. The summed E-state index contributed by atoms with van der Waals surface area (Å²) >= 11 is 0. The van der Waals surface area contributed by atoms with Crippen molar-refractivity contribution in [3.63, 3.8) is 0 Å². The van der Waals surface area contributed by atoms with Crippen molar-refractivity contribution in [3.8, 4) is 0 Å². The summed E-state index contributed by atoms with van der Waals surface area (Å²) in [7, 11) is 0. The van der Waals surface area contributed by atoms with Crippen LogP contribution in [0, 0.1) is 11.3 Å². The number of carbonyl (C=O) groups is 2. The fourth-order valence-corrected chi connectivity index (χ4v) is 4.25. The Morgan fingerprint density at radius 3 is 2.38 bits per heavy atom. The molecular formula is C17H29NO3. The maximum atomic E-state index is 13.2. The van der Waals surface area contributed by atoms with E-state index in [-0.39, 0.29) is 11.3 Å². The van der Waals surface area contributed by atoms with Gasteiger partial charge in [0.1, 0.15) is 6.04 Å². The molecule has 1 unspecified atom stereocenters. The first-order valence-corrected chi connectivity index (χ1v) is 8.50. The maximum absolute atomic E-state index is 13.2. The number of carbonyl (C=O) groups excluding carboxylic acids is 1. The Balaban J connectivity index is 2.22. The Morgan fingerprint density at radius 1 is 1.14 bits per heavy atom. The van der Waals surface area contributed by atoms with Gasteiger partial charge in [0.25, 0.3) is 0 Å². The van der Waals surface area contributed by atoms with E-state index in [0.29, 0.717) is 18.9 Å². The quantitative estimate of drug-likeness (QED) is 0.864. The van der Waals surface area contributed by atoms with Crippen LogP contribution >= 0.6 is 0 Å². The third-order valence-corrected chi connectivity index (χ3v) is 5.11. The summed E-state index contributed by atoms with van der Waals surface area (Å²) in [5, 5.41) is 9.50. The van der Waals surface area contributed by atoms with E-state index in [2.05, 4.69) is 13.8 Å². The zero-order valence-electron chi connectivity index (χ0n) is 13.4. The second-order valence-corrected chi connectivity index (χ2v) is 7.29. The molecule has 2 rings (SSSR count). The van der Waals surface area contributed by atoms with E-state index < -0.39 is 12.0 Å². The number of rotatable bonds is 4. The lowest BCUT2D eigenvalue weighted by Gasteiger charge is -2.37. The molecule has 4 nitrogen and oxygen atoms in total. The average Bonchev–Trinajstić information content (AvgIpc) is 2.74. The number of nitrogens with zero attached hydrogens (tertiary/aromatic N) is 1. The van der Waals surface area contributed by atoms with Crippen LogP contribution in [0.3, 0.4) is 0 Å². The molecule has 4 heteroatoms. The van der Waals surface area contributed by atoms with Gasteiger partial charge in [0, 0.05) is 12.0 Å². The lowest BCUT2D eigenvalue weighted by atomic mass is 9.77. The molecule has 1 amide bonds. The molecule has 0 aromatic carbocycles. The normalized spacial score (nSPS) is 25.9. The van der Waals surface area contributed by atoms with Gasteiger partial charge in [0.2, 0.25) is 5.91 Å². The van der Waals surface area contributed by atoms with Crippen LogP contribution in [0.25, 0.3) is 0 Å². The van der Waals surface area contributed by atoms with Gasteiger partial charge >= 0.3 is 5.97 Å². The molecule has 1 N–H and O–H groups in total. The van der Waals surface area contributed by atoms with Crippen molar-refractivity contribution < 1.29 is 14.7 Å². The van der Waals surface area contributed by atoms with E-state index in [9.17, 15) is 14.7 Å². The van der Waals surface area contributed by atoms with E-state index in [0.717, 1.165) is 51.4 Å². The van der Waals surface area contributed by atoms with E-state index in [1.54, 1.807) is 4.90 Å². The summed E-state index contributed by atoms with van der Waals surface area (Å²) in [4.78, 5) is 26.5. The Labute approximate surface area is 127 Å². The Hall–Kier alpha value is -1.06. The van der Waals surface area contributed by atoms with Gasteiger partial charge < -0.3 is 10.0 Å². The number of likely N-dealkylation sites (tertiary alicyclic amines) is 1. The van der Waals surface area contributed by atoms with Crippen molar-refractivity contribution in [3.05, 3.63) is 0 Å². The highest BCUT2D eigenvalue weighted by Gasteiger charge is 2.46. The van der Waals surface area contributed by atoms with Crippen LogP contribution in [-0.2, 0) is 9.59 Å². The maximum Gasteiger partial charge on any atom is 0.326 e. The summed E-state index contributed by atoms with van der Waals surface area (Å²) < 4.78 is 0. The van der Waals surface area contributed by atoms with Gasteiger partial charge in [-0.1, -0.05) is 39.5 Å². The lowest BCUT2D eigenvalue weighted by molar-refractivity contribution is -0.156. The van der Waals surface area contributed by atoms with Gasteiger partial charge in [-0.2, -0.15) is 0 Å². The third-order valence-electron chi connectivity index (χ3n) is 5.11. The fraction of sp³-hybridized carbons (Fsp3) is 0.882. The van der Waals surface area contributed by atoms with E-state index in [1.807, 2.05) is 0 Å².